The van der Waals surface area contributed by atoms with Crippen LogP contribution in [0.1, 0.15) is 5.56 Å². The van der Waals surface area contributed by atoms with Crippen LogP contribution in [-0.2, 0) is 21.4 Å². The standard InChI is InChI=1S/C17H17ClF2N4O3S/c18-11-2-5-13(6-3-11)24-28(26,27)17-14(9-22-23-17)16(25)21-8-10-1-4-12(19)7-15(10)20/h1-7,14,17,22-24H,8-9H2,(H,21,25). The number of hydrazine groups is 1. The molecule has 0 bridgehead atoms. The average Bonchev–Trinajstić information content (AvgIpc) is 3.13. The molecule has 4 N–H and O–H groups in total. The maximum Gasteiger partial charge on any atom is 0.250 e. The zero-order chi connectivity index (χ0) is 20.3. The number of anilines is 1. The lowest BCUT2D eigenvalue weighted by Gasteiger charge is -2.19. The number of carbonyl (C=O) groups excluding carboxylic acids is 1. The summed E-state index contributed by atoms with van der Waals surface area (Å²) in [5.41, 5.74) is 5.60. The van der Waals surface area contributed by atoms with Gasteiger partial charge in [0.25, 0.3) is 10.0 Å². The van der Waals surface area contributed by atoms with Crippen molar-refractivity contribution in [1.29, 1.82) is 0 Å². The topological polar surface area (TPSA) is 99.3 Å². The minimum atomic E-state index is -3.97. The SMILES string of the molecule is O=C(NCc1ccc(F)cc1F)C1CNNC1S(=O)(=O)Nc1ccc(Cl)cc1. The van der Waals surface area contributed by atoms with Gasteiger partial charge in [0, 0.05) is 35.4 Å². The second kappa shape index (κ2) is 8.39. The smallest absolute Gasteiger partial charge is 0.250 e. The molecule has 1 saturated heterocycles. The molecular formula is C17H17ClF2N4O3S. The third-order valence-corrected chi connectivity index (χ3v) is 6.06. The fourth-order valence-electron chi connectivity index (χ4n) is 2.73. The maximum absolute atomic E-state index is 13.7. The van der Waals surface area contributed by atoms with Crippen molar-refractivity contribution in [2.45, 2.75) is 11.9 Å². The van der Waals surface area contributed by atoms with Gasteiger partial charge in [0.15, 0.2) is 5.37 Å². The molecule has 7 nitrogen and oxygen atoms in total. The van der Waals surface area contributed by atoms with E-state index in [1.54, 1.807) is 0 Å². The van der Waals surface area contributed by atoms with Gasteiger partial charge in [0.1, 0.15) is 11.6 Å². The molecule has 2 aromatic carbocycles. The Hall–Kier alpha value is -2.27. The summed E-state index contributed by atoms with van der Waals surface area (Å²) in [6.07, 6.45) is 0. The van der Waals surface area contributed by atoms with Crippen LogP contribution in [0.4, 0.5) is 14.5 Å². The molecule has 0 aliphatic carbocycles. The molecule has 2 atom stereocenters. The van der Waals surface area contributed by atoms with E-state index in [0.29, 0.717) is 16.8 Å². The summed E-state index contributed by atoms with van der Waals surface area (Å²) in [5, 5.41) is 1.69. The van der Waals surface area contributed by atoms with Crippen LogP contribution in [0.25, 0.3) is 0 Å². The Bertz CT molecular complexity index is 973. The molecule has 1 aliphatic rings. The van der Waals surface area contributed by atoms with Gasteiger partial charge in [-0.05, 0) is 30.3 Å². The molecule has 28 heavy (non-hydrogen) atoms. The Morgan fingerprint density at radius 2 is 1.89 bits per heavy atom. The Labute approximate surface area is 165 Å². The van der Waals surface area contributed by atoms with Gasteiger partial charge >= 0.3 is 0 Å². The van der Waals surface area contributed by atoms with Crippen LogP contribution in [0, 0.1) is 17.6 Å². The van der Waals surface area contributed by atoms with Gasteiger partial charge in [-0.2, -0.15) is 0 Å². The minimum absolute atomic E-state index is 0.0595. The molecule has 3 rings (SSSR count). The van der Waals surface area contributed by atoms with Crippen molar-refractivity contribution in [2.24, 2.45) is 5.92 Å². The lowest BCUT2D eigenvalue weighted by molar-refractivity contribution is -0.124. The summed E-state index contributed by atoms with van der Waals surface area (Å²) in [6.45, 7) is -0.136. The summed E-state index contributed by atoms with van der Waals surface area (Å²) < 4.78 is 54.3. The molecule has 0 saturated carbocycles. The van der Waals surface area contributed by atoms with Crippen molar-refractivity contribution in [1.82, 2.24) is 16.2 Å². The first-order chi connectivity index (χ1) is 13.3. The summed E-state index contributed by atoms with van der Waals surface area (Å²) in [7, 11) is -3.97. The van der Waals surface area contributed by atoms with Gasteiger partial charge in [-0.3, -0.25) is 14.9 Å². The quantitative estimate of drug-likeness (QED) is 0.559. The van der Waals surface area contributed by atoms with Crippen molar-refractivity contribution in [3.05, 3.63) is 64.7 Å². The van der Waals surface area contributed by atoms with Crippen LogP contribution in [0.3, 0.4) is 0 Å². The molecular weight excluding hydrogens is 414 g/mol. The fraction of sp³-hybridized carbons (Fsp3) is 0.235. The predicted octanol–water partition coefficient (Wildman–Crippen LogP) is 1.73. The molecule has 150 valence electrons. The minimum Gasteiger partial charge on any atom is -0.352 e. The van der Waals surface area contributed by atoms with E-state index in [-0.39, 0.29) is 18.7 Å². The van der Waals surface area contributed by atoms with E-state index in [9.17, 15) is 22.0 Å². The van der Waals surface area contributed by atoms with Crippen LogP contribution < -0.4 is 20.9 Å². The van der Waals surface area contributed by atoms with Crippen molar-refractivity contribution in [3.63, 3.8) is 0 Å². The van der Waals surface area contributed by atoms with Crippen molar-refractivity contribution in [2.75, 3.05) is 11.3 Å². The number of halogens is 3. The van der Waals surface area contributed by atoms with Gasteiger partial charge < -0.3 is 5.32 Å². The Morgan fingerprint density at radius 3 is 2.57 bits per heavy atom. The molecule has 2 unspecified atom stereocenters. The molecule has 1 heterocycles. The van der Waals surface area contributed by atoms with E-state index in [0.717, 1.165) is 6.07 Å². The average molecular weight is 431 g/mol. The van der Waals surface area contributed by atoms with Crippen LogP contribution in [-0.4, -0.2) is 26.2 Å². The summed E-state index contributed by atoms with van der Waals surface area (Å²) in [4.78, 5) is 12.5. The second-order valence-electron chi connectivity index (χ2n) is 6.16. The number of nitrogens with one attached hydrogen (secondary N) is 4. The first-order valence-electron chi connectivity index (χ1n) is 8.23. The highest BCUT2D eigenvalue weighted by molar-refractivity contribution is 7.93. The number of hydrogen-bond donors (Lipinski definition) is 4. The van der Waals surface area contributed by atoms with E-state index in [1.807, 2.05) is 0 Å². The molecule has 2 aromatic rings. The third kappa shape index (κ3) is 4.76. The number of hydrogen-bond acceptors (Lipinski definition) is 5. The van der Waals surface area contributed by atoms with E-state index in [2.05, 4.69) is 20.9 Å². The first kappa shape index (κ1) is 20.5. The summed E-state index contributed by atoms with van der Waals surface area (Å²) >= 11 is 5.78. The Kier molecular flexibility index (Phi) is 6.14. The number of amides is 1. The number of benzene rings is 2. The highest BCUT2D eigenvalue weighted by Crippen LogP contribution is 2.20. The number of sulfonamides is 1. The van der Waals surface area contributed by atoms with E-state index >= 15 is 0 Å². The van der Waals surface area contributed by atoms with E-state index in [4.69, 9.17) is 11.6 Å². The predicted molar refractivity (Wildman–Crippen MR) is 101 cm³/mol. The lowest BCUT2D eigenvalue weighted by atomic mass is 10.1. The molecule has 1 fully saturated rings. The lowest BCUT2D eigenvalue weighted by Crippen LogP contribution is -2.46. The second-order valence-corrected chi connectivity index (χ2v) is 8.40. The van der Waals surface area contributed by atoms with Gasteiger partial charge in [-0.25, -0.2) is 22.6 Å². The molecule has 0 aromatic heterocycles. The number of rotatable bonds is 6. The van der Waals surface area contributed by atoms with Gasteiger partial charge in [0.2, 0.25) is 5.91 Å². The highest BCUT2D eigenvalue weighted by atomic mass is 35.5. The van der Waals surface area contributed by atoms with Crippen LogP contribution in [0.5, 0.6) is 0 Å². The molecule has 0 spiro atoms. The highest BCUT2D eigenvalue weighted by Gasteiger charge is 2.41. The maximum atomic E-state index is 13.7. The van der Waals surface area contributed by atoms with Crippen molar-refractivity contribution in [3.8, 4) is 0 Å². The Balaban J connectivity index is 1.67. The number of carbonyl (C=O) groups is 1. The Morgan fingerprint density at radius 1 is 1.18 bits per heavy atom. The van der Waals surface area contributed by atoms with E-state index in [1.165, 1.54) is 30.3 Å². The van der Waals surface area contributed by atoms with Gasteiger partial charge in [-0.1, -0.05) is 17.7 Å². The van der Waals surface area contributed by atoms with Crippen molar-refractivity contribution >= 4 is 33.2 Å². The van der Waals surface area contributed by atoms with Crippen LogP contribution >= 0.6 is 11.6 Å². The zero-order valence-corrected chi connectivity index (χ0v) is 15.9. The summed E-state index contributed by atoms with van der Waals surface area (Å²) in [5.74, 6) is -3.08. The molecule has 0 radical (unpaired) electrons. The molecule has 11 heteroatoms. The molecule has 1 amide bonds. The van der Waals surface area contributed by atoms with Crippen LogP contribution in [0.2, 0.25) is 5.02 Å². The molecule has 1 aliphatic heterocycles. The summed E-state index contributed by atoms with van der Waals surface area (Å²) in [6, 6.07) is 9.05. The first-order valence-corrected chi connectivity index (χ1v) is 10.2. The largest absolute Gasteiger partial charge is 0.352 e. The fourth-order valence-corrected chi connectivity index (χ4v) is 4.33. The van der Waals surface area contributed by atoms with Gasteiger partial charge in [0.05, 0.1) is 5.92 Å². The van der Waals surface area contributed by atoms with Crippen LogP contribution in [0.15, 0.2) is 42.5 Å². The van der Waals surface area contributed by atoms with Gasteiger partial charge in [-0.15, -0.1) is 0 Å². The monoisotopic (exact) mass is 430 g/mol. The zero-order valence-electron chi connectivity index (χ0n) is 14.4. The third-order valence-electron chi connectivity index (χ3n) is 4.18. The van der Waals surface area contributed by atoms with E-state index < -0.39 is 38.9 Å². The normalized spacial score (nSPS) is 19.4. The van der Waals surface area contributed by atoms with Crippen molar-refractivity contribution < 1.29 is 22.0 Å².